The molecule has 2 aromatic rings. The van der Waals surface area contributed by atoms with Crippen LogP contribution in [-0.4, -0.2) is 46.4 Å². The molecule has 10 heteroatoms. The molecule has 194 valence electrons. The lowest BCUT2D eigenvalue weighted by molar-refractivity contribution is -0.143. The second-order valence-corrected chi connectivity index (χ2v) is 8.88. The third-order valence-electron chi connectivity index (χ3n) is 5.48. The molecule has 0 unspecified atom stereocenters. The Kier molecular flexibility index (Phi) is 9.04. The second kappa shape index (κ2) is 12.4. The summed E-state index contributed by atoms with van der Waals surface area (Å²) in [6.45, 7) is 5.97. The van der Waals surface area contributed by atoms with Crippen LogP contribution in [0.1, 0.15) is 31.4 Å². The highest BCUT2D eigenvalue weighted by Crippen LogP contribution is 2.21. The summed E-state index contributed by atoms with van der Waals surface area (Å²) >= 11 is 0. The number of urea groups is 1. The smallest absolute Gasteiger partial charge is 0.323 e. The molecule has 5 N–H and O–H groups in total. The van der Waals surface area contributed by atoms with Crippen molar-refractivity contribution in [2.45, 2.75) is 39.8 Å². The van der Waals surface area contributed by atoms with Crippen molar-refractivity contribution in [3.63, 3.8) is 0 Å². The zero-order valence-corrected chi connectivity index (χ0v) is 21.0. The maximum absolute atomic E-state index is 12.8. The van der Waals surface area contributed by atoms with E-state index in [0.717, 1.165) is 16.8 Å². The molecule has 0 aromatic heterocycles. The third kappa shape index (κ3) is 7.96. The average molecular weight is 506 g/mol. The van der Waals surface area contributed by atoms with E-state index < -0.39 is 18.3 Å². The first-order chi connectivity index (χ1) is 17.6. The van der Waals surface area contributed by atoms with E-state index in [2.05, 4.69) is 21.3 Å². The number of nitrogens with zero attached hydrogens (tertiary/aromatic N) is 1. The Labute approximate surface area is 215 Å². The van der Waals surface area contributed by atoms with Gasteiger partial charge in [-0.1, -0.05) is 30.3 Å². The Hall–Kier alpha value is -4.60. The minimum Gasteiger partial charge on any atom is -0.481 e. The SMILES string of the molecule is Cc1ccccc1NC(=O)Nc1ccc(CNC(=O)C2=C/C(=C/NC(C)C)N(C(=O)CC(=O)O)C2)cc1. The maximum atomic E-state index is 12.8. The largest absolute Gasteiger partial charge is 0.481 e. The monoisotopic (exact) mass is 505 g/mol. The number of rotatable bonds is 9. The normalized spacial score (nSPS) is 13.8. The highest BCUT2D eigenvalue weighted by atomic mass is 16.4. The van der Waals surface area contributed by atoms with Crippen LogP contribution in [0, 0.1) is 6.92 Å². The molecule has 0 radical (unpaired) electrons. The van der Waals surface area contributed by atoms with Crippen LogP contribution in [0.5, 0.6) is 0 Å². The van der Waals surface area contributed by atoms with Gasteiger partial charge >= 0.3 is 12.0 Å². The first-order valence-electron chi connectivity index (χ1n) is 11.8. The van der Waals surface area contributed by atoms with Crippen LogP contribution >= 0.6 is 0 Å². The molecule has 0 atom stereocenters. The first-order valence-corrected chi connectivity index (χ1v) is 11.8. The van der Waals surface area contributed by atoms with Crippen LogP contribution in [-0.2, 0) is 20.9 Å². The van der Waals surface area contributed by atoms with Gasteiger partial charge in [-0.05, 0) is 56.2 Å². The lowest BCUT2D eigenvalue weighted by Gasteiger charge is -2.18. The van der Waals surface area contributed by atoms with E-state index in [-0.39, 0.29) is 31.1 Å². The average Bonchev–Trinajstić information content (AvgIpc) is 3.28. The van der Waals surface area contributed by atoms with Gasteiger partial charge in [0.1, 0.15) is 6.42 Å². The first kappa shape index (κ1) is 27.0. The van der Waals surface area contributed by atoms with Gasteiger partial charge in [-0.2, -0.15) is 0 Å². The minimum absolute atomic E-state index is 0.0115. The molecule has 4 amide bonds. The number of carbonyl (C=O) groups excluding carboxylic acids is 3. The Bertz CT molecular complexity index is 1230. The third-order valence-corrected chi connectivity index (χ3v) is 5.48. The molecule has 1 aliphatic rings. The number of carboxylic acid groups (broad SMARTS) is 1. The quantitative estimate of drug-likeness (QED) is 0.331. The molecule has 0 bridgehead atoms. The molecular formula is C27H31N5O5. The molecule has 1 heterocycles. The van der Waals surface area contributed by atoms with Crippen LogP contribution in [0.15, 0.2) is 72.1 Å². The van der Waals surface area contributed by atoms with Crippen molar-refractivity contribution in [1.29, 1.82) is 0 Å². The summed E-state index contributed by atoms with van der Waals surface area (Å²) in [5.74, 6) is -2.19. The summed E-state index contributed by atoms with van der Waals surface area (Å²) in [4.78, 5) is 49.7. The van der Waals surface area contributed by atoms with Crippen LogP contribution in [0.4, 0.5) is 16.2 Å². The molecule has 0 aliphatic carbocycles. The van der Waals surface area contributed by atoms with E-state index in [1.807, 2.05) is 45.0 Å². The molecule has 0 saturated carbocycles. The number of benzene rings is 2. The minimum atomic E-state index is -1.23. The molecule has 3 rings (SSSR count). The zero-order chi connectivity index (χ0) is 26.9. The number of carbonyl (C=O) groups is 4. The van der Waals surface area contributed by atoms with Crippen LogP contribution in [0.2, 0.25) is 0 Å². The second-order valence-electron chi connectivity index (χ2n) is 8.88. The topological polar surface area (TPSA) is 140 Å². The van der Waals surface area contributed by atoms with Crippen molar-refractivity contribution < 1.29 is 24.3 Å². The highest BCUT2D eigenvalue weighted by molar-refractivity contribution is 6.00. The number of amides is 4. The number of allylic oxidation sites excluding steroid dienone is 1. The lowest BCUT2D eigenvalue weighted by Crippen LogP contribution is -2.33. The number of anilines is 2. The summed E-state index contributed by atoms with van der Waals surface area (Å²) in [5, 5.41) is 20.4. The van der Waals surface area contributed by atoms with Crippen molar-refractivity contribution in [1.82, 2.24) is 15.5 Å². The number of nitrogens with one attached hydrogen (secondary N) is 4. The number of carboxylic acids is 1. The Balaban J connectivity index is 1.56. The summed E-state index contributed by atoms with van der Waals surface area (Å²) in [6, 6.07) is 14.2. The number of aryl methyl sites for hydroxylation is 1. The fourth-order valence-corrected chi connectivity index (χ4v) is 3.53. The van der Waals surface area contributed by atoms with E-state index in [9.17, 15) is 19.2 Å². The number of hydrogen-bond donors (Lipinski definition) is 5. The lowest BCUT2D eigenvalue weighted by atomic mass is 10.2. The Morgan fingerprint density at radius 3 is 2.38 bits per heavy atom. The Morgan fingerprint density at radius 1 is 1.03 bits per heavy atom. The zero-order valence-electron chi connectivity index (χ0n) is 21.0. The molecule has 10 nitrogen and oxygen atoms in total. The summed E-state index contributed by atoms with van der Waals surface area (Å²) in [6.07, 6.45) is 2.52. The standard InChI is InChI=1S/C27H31N5O5/c1-17(2)28-15-22-12-20(16-32(22)24(33)13-25(34)35)26(36)29-14-19-8-10-21(11-9-19)30-27(37)31-23-7-5-4-6-18(23)3/h4-12,15,17,28H,13-14,16H2,1-3H3,(H,29,36)(H,34,35)(H2,30,31,37)/b22-15-. The summed E-state index contributed by atoms with van der Waals surface area (Å²) in [5.41, 5.74) is 3.87. The van der Waals surface area contributed by atoms with E-state index >= 15 is 0 Å². The van der Waals surface area contributed by atoms with Gasteiger partial charge in [-0.15, -0.1) is 0 Å². The molecule has 0 saturated heterocycles. The summed E-state index contributed by atoms with van der Waals surface area (Å²) < 4.78 is 0. The van der Waals surface area contributed by atoms with E-state index in [1.165, 1.54) is 4.90 Å². The van der Waals surface area contributed by atoms with Gasteiger partial charge in [0.15, 0.2) is 0 Å². The summed E-state index contributed by atoms with van der Waals surface area (Å²) in [7, 11) is 0. The van der Waals surface area contributed by atoms with E-state index in [0.29, 0.717) is 17.0 Å². The van der Waals surface area contributed by atoms with E-state index in [1.54, 1.807) is 36.5 Å². The van der Waals surface area contributed by atoms with Gasteiger partial charge < -0.3 is 31.3 Å². The van der Waals surface area contributed by atoms with Gasteiger partial charge in [0.2, 0.25) is 11.8 Å². The predicted molar refractivity (Wildman–Crippen MR) is 141 cm³/mol. The molecule has 2 aromatic carbocycles. The fourth-order valence-electron chi connectivity index (χ4n) is 3.53. The maximum Gasteiger partial charge on any atom is 0.323 e. The van der Waals surface area contributed by atoms with Crippen LogP contribution < -0.4 is 21.3 Å². The molecule has 0 spiro atoms. The molecule has 1 aliphatic heterocycles. The fraction of sp³-hybridized carbons (Fsp3) is 0.259. The Morgan fingerprint density at radius 2 is 1.73 bits per heavy atom. The molecule has 0 fully saturated rings. The molecular weight excluding hydrogens is 474 g/mol. The number of aliphatic carboxylic acids is 1. The van der Waals surface area contributed by atoms with Gasteiger partial charge in [0.05, 0.1) is 12.2 Å². The van der Waals surface area contributed by atoms with Crippen molar-refractivity contribution in [2.24, 2.45) is 0 Å². The highest BCUT2D eigenvalue weighted by Gasteiger charge is 2.28. The van der Waals surface area contributed by atoms with Crippen molar-refractivity contribution in [2.75, 3.05) is 17.2 Å². The van der Waals surface area contributed by atoms with Gasteiger partial charge in [0, 0.05) is 35.7 Å². The van der Waals surface area contributed by atoms with Gasteiger partial charge in [0.25, 0.3) is 0 Å². The predicted octanol–water partition coefficient (Wildman–Crippen LogP) is 3.34. The van der Waals surface area contributed by atoms with Gasteiger partial charge in [-0.25, -0.2) is 4.79 Å². The van der Waals surface area contributed by atoms with Crippen molar-refractivity contribution >= 4 is 35.2 Å². The molecule has 37 heavy (non-hydrogen) atoms. The van der Waals surface area contributed by atoms with Gasteiger partial charge in [-0.3, -0.25) is 14.4 Å². The van der Waals surface area contributed by atoms with Crippen molar-refractivity contribution in [3.8, 4) is 0 Å². The van der Waals surface area contributed by atoms with Crippen LogP contribution in [0.3, 0.4) is 0 Å². The van der Waals surface area contributed by atoms with Crippen molar-refractivity contribution in [3.05, 3.63) is 83.2 Å². The van der Waals surface area contributed by atoms with Crippen LogP contribution in [0.25, 0.3) is 0 Å². The number of hydrogen-bond acceptors (Lipinski definition) is 5. The number of para-hydroxylation sites is 1. The van der Waals surface area contributed by atoms with E-state index in [4.69, 9.17) is 5.11 Å².